The number of aliphatic carboxylic acids is 1. The summed E-state index contributed by atoms with van der Waals surface area (Å²) < 4.78 is 1.93. The number of carbonyl (C=O) groups excluding carboxylic acids is 1. The minimum Gasteiger partial charge on any atom is -0.479 e. The zero-order chi connectivity index (χ0) is 17.8. The number of hydrogen-bond donors (Lipinski definition) is 2. The highest BCUT2D eigenvalue weighted by Gasteiger charge is 2.21. The third-order valence-corrected chi connectivity index (χ3v) is 4.24. The SMILES string of the molecule is O=C(CCn1ccc2ccc(Cl)cc21)N[C@H](C(=O)O)c1ccccc1. The smallest absolute Gasteiger partial charge is 0.330 e. The normalized spacial score (nSPS) is 12.0. The summed E-state index contributed by atoms with van der Waals surface area (Å²) in [5, 5.41) is 13.6. The van der Waals surface area contributed by atoms with Gasteiger partial charge >= 0.3 is 5.97 Å². The van der Waals surface area contributed by atoms with Crippen LogP contribution in [0.5, 0.6) is 0 Å². The van der Waals surface area contributed by atoms with Crippen molar-refractivity contribution >= 4 is 34.4 Å². The number of aromatic nitrogens is 1. The maximum Gasteiger partial charge on any atom is 0.330 e. The molecule has 1 amide bonds. The van der Waals surface area contributed by atoms with Crippen LogP contribution in [0.1, 0.15) is 18.0 Å². The lowest BCUT2D eigenvalue weighted by atomic mass is 10.1. The summed E-state index contributed by atoms with van der Waals surface area (Å²) in [6.45, 7) is 0.441. The lowest BCUT2D eigenvalue weighted by Crippen LogP contribution is -2.34. The summed E-state index contributed by atoms with van der Waals surface area (Å²) >= 11 is 6.02. The molecule has 0 aliphatic rings. The highest BCUT2D eigenvalue weighted by Crippen LogP contribution is 2.21. The van der Waals surface area contributed by atoms with Crippen LogP contribution in [0.2, 0.25) is 5.02 Å². The minimum atomic E-state index is -1.09. The van der Waals surface area contributed by atoms with Crippen molar-refractivity contribution in [2.45, 2.75) is 19.0 Å². The van der Waals surface area contributed by atoms with Crippen molar-refractivity contribution in [3.63, 3.8) is 0 Å². The summed E-state index contributed by atoms with van der Waals surface area (Å²) in [6, 6.07) is 15.1. The molecule has 0 bridgehead atoms. The van der Waals surface area contributed by atoms with E-state index in [0.717, 1.165) is 10.9 Å². The Morgan fingerprint density at radius 3 is 2.60 bits per heavy atom. The molecule has 6 heteroatoms. The molecule has 0 radical (unpaired) electrons. The van der Waals surface area contributed by atoms with E-state index in [0.29, 0.717) is 17.1 Å². The van der Waals surface area contributed by atoms with E-state index >= 15 is 0 Å². The van der Waals surface area contributed by atoms with Gasteiger partial charge in [-0.3, -0.25) is 4.79 Å². The van der Waals surface area contributed by atoms with E-state index in [-0.39, 0.29) is 12.3 Å². The van der Waals surface area contributed by atoms with Gasteiger partial charge in [0, 0.05) is 29.7 Å². The van der Waals surface area contributed by atoms with Crippen LogP contribution in [-0.2, 0) is 16.1 Å². The van der Waals surface area contributed by atoms with Crippen molar-refractivity contribution in [1.82, 2.24) is 9.88 Å². The number of benzene rings is 2. The highest BCUT2D eigenvalue weighted by atomic mass is 35.5. The number of carboxylic acid groups (broad SMARTS) is 1. The highest BCUT2D eigenvalue weighted by molar-refractivity contribution is 6.31. The maximum atomic E-state index is 12.2. The van der Waals surface area contributed by atoms with E-state index < -0.39 is 12.0 Å². The first kappa shape index (κ1) is 17.0. The Labute approximate surface area is 149 Å². The third-order valence-electron chi connectivity index (χ3n) is 4.00. The number of aryl methyl sites for hydroxylation is 1. The Morgan fingerprint density at radius 2 is 1.88 bits per heavy atom. The van der Waals surface area contributed by atoms with Gasteiger partial charge in [0.15, 0.2) is 6.04 Å². The number of rotatable bonds is 6. The largest absolute Gasteiger partial charge is 0.479 e. The molecule has 1 atom stereocenters. The molecule has 3 rings (SSSR count). The topological polar surface area (TPSA) is 71.3 Å². The van der Waals surface area contributed by atoms with Crippen molar-refractivity contribution in [3.05, 3.63) is 71.4 Å². The van der Waals surface area contributed by atoms with Crippen LogP contribution in [0, 0.1) is 0 Å². The maximum absolute atomic E-state index is 12.2. The van der Waals surface area contributed by atoms with E-state index in [1.54, 1.807) is 30.3 Å². The van der Waals surface area contributed by atoms with Gasteiger partial charge < -0.3 is 15.0 Å². The summed E-state index contributed by atoms with van der Waals surface area (Å²) in [4.78, 5) is 23.7. The van der Waals surface area contributed by atoms with E-state index in [9.17, 15) is 14.7 Å². The van der Waals surface area contributed by atoms with Crippen LogP contribution in [0.4, 0.5) is 0 Å². The second-order valence-corrected chi connectivity index (χ2v) is 6.15. The monoisotopic (exact) mass is 356 g/mol. The molecular weight excluding hydrogens is 340 g/mol. The molecule has 0 saturated heterocycles. The summed E-state index contributed by atoms with van der Waals surface area (Å²) in [5.41, 5.74) is 1.49. The molecule has 2 aromatic carbocycles. The third kappa shape index (κ3) is 4.00. The quantitative estimate of drug-likeness (QED) is 0.708. The van der Waals surface area contributed by atoms with Gasteiger partial charge in [0.2, 0.25) is 5.91 Å². The molecule has 1 aromatic heterocycles. The van der Waals surface area contributed by atoms with Gasteiger partial charge in [-0.15, -0.1) is 0 Å². The lowest BCUT2D eigenvalue weighted by Gasteiger charge is -2.15. The Hall–Kier alpha value is -2.79. The van der Waals surface area contributed by atoms with Crippen LogP contribution in [0.3, 0.4) is 0 Å². The molecule has 0 unspecified atom stereocenters. The first-order valence-corrected chi connectivity index (χ1v) is 8.24. The van der Waals surface area contributed by atoms with E-state index in [4.69, 9.17) is 11.6 Å². The molecular formula is C19H17ClN2O3. The van der Waals surface area contributed by atoms with Crippen LogP contribution < -0.4 is 5.32 Å². The minimum absolute atomic E-state index is 0.174. The summed E-state index contributed by atoms with van der Waals surface area (Å²) in [7, 11) is 0. The van der Waals surface area contributed by atoms with Gasteiger partial charge in [-0.1, -0.05) is 48.0 Å². The Bertz CT molecular complexity index is 905. The molecule has 0 fully saturated rings. The lowest BCUT2D eigenvalue weighted by molar-refractivity contribution is -0.142. The first-order chi connectivity index (χ1) is 12.0. The molecule has 0 spiro atoms. The molecule has 0 saturated carbocycles. The first-order valence-electron chi connectivity index (χ1n) is 7.86. The van der Waals surface area contributed by atoms with Gasteiger partial charge in [0.25, 0.3) is 0 Å². The number of carbonyl (C=O) groups is 2. The average molecular weight is 357 g/mol. The van der Waals surface area contributed by atoms with Crippen LogP contribution in [0.15, 0.2) is 60.8 Å². The van der Waals surface area contributed by atoms with Gasteiger partial charge in [0.05, 0.1) is 0 Å². The number of hydrogen-bond acceptors (Lipinski definition) is 2. The predicted octanol–water partition coefficient (Wildman–Crippen LogP) is 3.63. The second kappa shape index (κ2) is 7.40. The molecule has 3 aromatic rings. The van der Waals surface area contributed by atoms with Gasteiger partial charge in [-0.2, -0.15) is 0 Å². The standard InChI is InChI=1S/C19H17ClN2O3/c20-15-7-6-13-8-10-22(16(13)12-15)11-9-17(23)21-18(19(24)25)14-4-2-1-3-5-14/h1-8,10,12,18H,9,11H2,(H,21,23)(H,24,25)/t18-/m0/s1. The fourth-order valence-electron chi connectivity index (χ4n) is 2.74. The molecule has 25 heavy (non-hydrogen) atoms. The van der Waals surface area contributed by atoms with Crippen molar-refractivity contribution in [2.75, 3.05) is 0 Å². The molecule has 5 nitrogen and oxygen atoms in total. The zero-order valence-corrected chi connectivity index (χ0v) is 14.1. The number of halogens is 1. The van der Waals surface area contributed by atoms with E-state index in [1.807, 2.05) is 35.0 Å². The Morgan fingerprint density at radius 1 is 1.12 bits per heavy atom. The van der Waals surface area contributed by atoms with Gasteiger partial charge in [-0.25, -0.2) is 4.79 Å². The predicted molar refractivity (Wildman–Crippen MR) is 96.5 cm³/mol. The fraction of sp³-hybridized carbons (Fsp3) is 0.158. The van der Waals surface area contributed by atoms with Gasteiger partial charge in [-0.05, 0) is 29.1 Å². The van der Waals surface area contributed by atoms with Crippen LogP contribution in [0.25, 0.3) is 10.9 Å². The number of fused-ring (bicyclic) bond motifs is 1. The number of nitrogens with one attached hydrogen (secondary N) is 1. The van der Waals surface area contributed by atoms with Crippen LogP contribution >= 0.6 is 11.6 Å². The molecule has 2 N–H and O–H groups in total. The molecule has 128 valence electrons. The van der Waals surface area contributed by atoms with Crippen molar-refractivity contribution in [1.29, 1.82) is 0 Å². The summed E-state index contributed by atoms with van der Waals surface area (Å²) in [6.07, 6.45) is 2.06. The Kier molecular flexibility index (Phi) is 5.05. The number of amides is 1. The second-order valence-electron chi connectivity index (χ2n) is 5.71. The number of nitrogens with zero attached hydrogens (tertiary/aromatic N) is 1. The van der Waals surface area contributed by atoms with E-state index in [1.165, 1.54) is 0 Å². The zero-order valence-electron chi connectivity index (χ0n) is 13.4. The van der Waals surface area contributed by atoms with Crippen molar-refractivity contribution < 1.29 is 14.7 Å². The number of carboxylic acids is 1. The van der Waals surface area contributed by atoms with E-state index in [2.05, 4.69) is 5.32 Å². The molecule has 0 aliphatic heterocycles. The molecule has 1 heterocycles. The van der Waals surface area contributed by atoms with Crippen LogP contribution in [-0.4, -0.2) is 21.6 Å². The van der Waals surface area contributed by atoms with Crippen molar-refractivity contribution in [2.24, 2.45) is 0 Å². The molecule has 0 aliphatic carbocycles. The van der Waals surface area contributed by atoms with Crippen molar-refractivity contribution in [3.8, 4) is 0 Å². The van der Waals surface area contributed by atoms with Gasteiger partial charge in [0.1, 0.15) is 0 Å². The summed E-state index contributed by atoms with van der Waals surface area (Å²) in [5.74, 6) is -1.40. The average Bonchev–Trinajstić information content (AvgIpc) is 3.00. The Balaban J connectivity index is 1.67. The fourth-order valence-corrected chi connectivity index (χ4v) is 2.91.